The van der Waals surface area contributed by atoms with Crippen molar-refractivity contribution < 1.29 is 5.11 Å². The Morgan fingerprint density at radius 2 is 1.94 bits per heavy atom. The van der Waals surface area contributed by atoms with Crippen LogP contribution in [0, 0.1) is 11.8 Å². The molecule has 0 aromatic heterocycles. The Morgan fingerprint density at radius 1 is 1.28 bits per heavy atom. The zero-order valence-electron chi connectivity index (χ0n) is 12.1. The summed E-state index contributed by atoms with van der Waals surface area (Å²) >= 11 is 0. The fourth-order valence-electron chi connectivity index (χ4n) is 4.00. The predicted octanol–water partition coefficient (Wildman–Crippen LogP) is 1.99. The van der Waals surface area contributed by atoms with Crippen LogP contribution >= 0.6 is 0 Å². The lowest BCUT2D eigenvalue weighted by atomic mass is 9.78. The number of rotatable bonds is 4. The Labute approximate surface area is 112 Å². The van der Waals surface area contributed by atoms with Gasteiger partial charge in [-0.1, -0.05) is 26.2 Å². The highest BCUT2D eigenvalue weighted by molar-refractivity contribution is 4.91. The lowest BCUT2D eigenvalue weighted by Gasteiger charge is -2.42. The van der Waals surface area contributed by atoms with Crippen molar-refractivity contribution in [3.63, 3.8) is 0 Å². The van der Waals surface area contributed by atoms with Gasteiger partial charge in [0.15, 0.2) is 0 Å². The molecule has 0 radical (unpaired) electrons. The molecule has 3 nitrogen and oxygen atoms in total. The van der Waals surface area contributed by atoms with E-state index in [2.05, 4.69) is 18.9 Å². The van der Waals surface area contributed by atoms with E-state index in [1.165, 1.54) is 32.1 Å². The second-order valence-electron chi connectivity index (χ2n) is 6.83. The second kappa shape index (κ2) is 5.89. The number of hydrogen-bond acceptors (Lipinski definition) is 3. The molecule has 3 unspecified atom stereocenters. The summed E-state index contributed by atoms with van der Waals surface area (Å²) in [4.78, 5) is 2.40. The van der Waals surface area contributed by atoms with Gasteiger partial charge in [-0.3, -0.25) is 0 Å². The van der Waals surface area contributed by atoms with E-state index in [4.69, 9.17) is 5.73 Å². The minimum absolute atomic E-state index is 0.422. The molecular weight excluding hydrogens is 224 g/mol. The van der Waals surface area contributed by atoms with Crippen LogP contribution in [0.2, 0.25) is 0 Å². The monoisotopic (exact) mass is 254 g/mol. The van der Waals surface area contributed by atoms with Crippen molar-refractivity contribution in [1.82, 2.24) is 4.90 Å². The molecule has 0 bridgehead atoms. The van der Waals surface area contributed by atoms with E-state index in [-0.39, 0.29) is 0 Å². The first-order valence-electron chi connectivity index (χ1n) is 7.67. The molecule has 2 aliphatic rings. The lowest BCUT2D eigenvalue weighted by Crippen LogP contribution is -2.50. The van der Waals surface area contributed by atoms with Gasteiger partial charge in [0.05, 0.1) is 5.60 Å². The largest absolute Gasteiger partial charge is 0.389 e. The highest BCUT2D eigenvalue weighted by Gasteiger charge is 2.37. The molecule has 3 heteroatoms. The van der Waals surface area contributed by atoms with Crippen LogP contribution in [-0.2, 0) is 0 Å². The van der Waals surface area contributed by atoms with E-state index in [1.54, 1.807) is 0 Å². The van der Waals surface area contributed by atoms with Crippen LogP contribution in [0.25, 0.3) is 0 Å². The van der Waals surface area contributed by atoms with Crippen molar-refractivity contribution in [1.29, 1.82) is 0 Å². The molecule has 2 fully saturated rings. The van der Waals surface area contributed by atoms with Crippen molar-refractivity contribution in [3.05, 3.63) is 0 Å². The van der Waals surface area contributed by atoms with Gasteiger partial charge in [-0.05, 0) is 51.1 Å². The fraction of sp³-hybridized carbons (Fsp3) is 1.00. The van der Waals surface area contributed by atoms with E-state index >= 15 is 0 Å². The first kappa shape index (κ1) is 14.3. The van der Waals surface area contributed by atoms with Crippen LogP contribution in [-0.4, -0.2) is 41.8 Å². The van der Waals surface area contributed by atoms with Crippen LogP contribution < -0.4 is 5.73 Å². The van der Waals surface area contributed by atoms with Crippen molar-refractivity contribution in [3.8, 4) is 0 Å². The average molecular weight is 254 g/mol. The first-order valence-corrected chi connectivity index (χ1v) is 7.67. The minimum Gasteiger partial charge on any atom is -0.389 e. The molecule has 2 saturated carbocycles. The summed E-state index contributed by atoms with van der Waals surface area (Å²) < 4.78 is 0. The number of hydrogen-bond donors (Lipinski definition) is 2. The van der Waals surface area contributed by atoms with Gasteiger partial charge < -0.3 is 15.7 Å². The minimum atomic E-state index is -0.422. The van der Waals surface area contributed by atoms with Crippen LogP contribution in [0.15, 0.2) is 0 Å². The molecule has 106 valence electrons. The van der Waals surface area contributed by atoms with Crippen molar-refractivity contribution >= 4 is 0 Å². The van der Waals surface area contributed by atoms with E-state index < -0.39 is 5.60 Å². The van der Waals surface area contributed by atoms with Gasteiger partial charge in [-0.2, -0.15) is 0 Å². The van der Waals surface area contributed by atoms with Gasteiger partial charge in [0.1, 0.15) is 0 Å². The van der Waals surface area contributed by atoms with E-state index in [1.807, 2.05) is 0 Å². The Bertz CT molecular complexity index is 263. The van der Waals surface area contributed by atoms with Gasteiger partial charge >= 0.3 is 0 Å². The first-order chi connectivity index (χ1) is 8.54. The molecule has 3 N–H and O–H groups in total. The molecular formula is C15H30N2O. The highest BCUT2D eigenvalue weighted by Crippen LogP contribution is 2.35. The number of nitrogens with two attached hydrogens (primary N) is 1. The van der Waals surface area contributed by atoms with Gasteiger partial charge in [0, 0.05) is 12.6 Å². The molecule has 0 saturated heterocycles. The summed E-state index contributed by atoms with van der Waals surface area (Å²) in [6.07, 6.45) is 8.15. The summed E-state index contributed by atoms with van der Waals surface area (Å²) in [5, 5.41) is 10.5. The standard InChI is InChI=1S/C15H30N2O/c1-12-5-6-13(10-16)14(9-12)17(2)11-15(18)7-3-4-8-15/h12-14,18H,3-11,16H2,1-2H3. The molecule has 0 spiro atoms. The van der Waals surface area contributed by atoms with Crippen molar-refractivity contribution in [2.45, 2.75) is 63.5 Å². The van der Waals surface area contributed by atoms with E-state index in [0.717, 1.165) is 31.8 Å². The van der Waals surface area contributed by atoms with E-state index in [9.17, 15) is 5.11 Å². The zero-order chi connectivity index (χ0) is 13.2. The molecule has 18 heavy (non-hydrogen) atoms. The number of aliphatic hydroxyl groups is 1. The quantitative estimate of drug-likeness (QED) is 0.806. The summed E-state index contributed by atoms with van der Waals surface area (Å²) in [7, 11) is 2.18. The molecule has 0 amide bonds. The Morgan fingerprint density at radius 3 is 2.56 bits per heavy atom. The fourth-order valence-corrected chi connectivity index (χ4v) is 4.00. The lowest BCUT2D eigenvalue weighted by molar-refractivity contribution is -0.0120. The summed E-state index contributed by atoms with van der Waals surface area (Å²) in [6.45, 7) is 3.97. The van der Waals surface area contributed by atoms with Gasteiger partial charge in [0.25, 0.3) is 0 Å². The van der Waals surface area contributed by atoms with E-state index in [0.29, 0.717) is 12.0 Å². The van der Waals surface area contributed by atoms with Gasteiger partial charge in [-0.15, -0.1) is 0 Å². The van der Waals surface area contributed by atoms with Crippen molar-refractivity contribution in [2.24, 2.45) is 17.6 Å². The third-order valence-corrected chi connectivity index (χ3v) is 5.17. The third-order valence-electron chi connectivity index (χ3n) is 5.17. The third kappa shape index (κ3) is 3.25. The highest BCUT2D eigenvalue weighted by atomic mass is 16.3. The molecule has 2 aliphatic carbocycles. The SMILES string of the molecule is CC1CCC(CN)C(N(C)CC2(O)CCCC2)C1. The topological polar surface area (TPSA) is 49.5 Å². The van der Waals surface area contributed by atoms with Crippen molar-refractivity contribution in [2.75, 3.05) is 20.1 Å². The average Bonchev–Trinajstić information content (AvgIpc) is 2.75. The molecule has 0 aromatic carbocycles. The summed E-state index contributed by atoms with van der Waals surface area (Å²) in [6, 6.07) is 0.573. The Hall–Kier alpha value is -0.120. The second-order valence-corrected chi connectivity index (χ2v) is 6.83. The Balaban J connectivity index is 1.94. The Kier molecular flexibility index (Phi) is 4.68. The number of nitrogens with zero attached hydrogens (tertiary/aromatic N) is 1. The van der Waals surface area contributed by atoms with Crippen LogP contribution in [0.5, 0.6) is 0 Å². The van der Waals surface area contributed by atoms with Crippen LogP contribution in [0.4, 0.5) is 0 Å². The van der Waals surface area contributed by atoms with Gasteiger partial charge in [-0.25, -0.2) is 0 Å². The maximum Gasteiger partial charge on any atom is 0.0774 e. The maximum atomic E-state index is 10.5. The molecule has 2 rings (SSSR count). The molecule has 0 aliphatic heterocycles. The van der Waals surface area contributed by atoms with Crippen LogP contribution in [0.3, 0.4) is 0 Å². The van der Waals surface area contributed by atoms with Gasteiger partial charge in [0.2, 0.25) is 0 Å². The number of likely N-dealkylation sites (N-methyl/N-ethyl adjacent to an activating group) is 1. The normalized spacial score (nSPS) is 36.2. The predicted molar refractivity (Wildman–Crippen MR) is 75.4 cm³/mol. The zero-order valence-corrected chi connectivity index (χ0v) is 12.1. The molecule has 0 heterocycles. The summed E-state index contributed by atoms with van der Waals surface area (Å²) in [5.74, 6) is 1.43. The molecule has 3 atom stereocenters. The van der Waals surface area contributed by atoms with Crippen LogP contribution in [0.1, 0.15) is 51.9 Å². The summed E-state index contributed by atoms with van der Waals surface area (Å²) in [5.41, 5.74) is 5.51. The molecule has 0 aromatic rings. The smallest absolute Gasteiger partial charge is 0.0774 e. The maximum absolute atomic E-state index is 10.5.